The van der Waals surface area contributed by atoms with Gasteiger partial charge in [0.2, 0.25) is 0 Å². The minimum Gasteiger partial charge on any atom is -0.491 e. The van der Waals surface area contributed by atoms with Crippen LogP contribution in [0.4, 0.5) is 0 Å². The molecule has 2 rings (SSSR count). The second-order valence-electron chi connectivity index (χ2n) is 6.62. The first kappa shape index (κ1) is 20.2. The molecule has 0 saturated heterocycles. The maximum atomic E-state index is 13.1. The fourth-order valence-electron chi connectivity index (χ4n) is 3.31. The lowest BCUT2D eigenvalue weighted by Crippen LogP contribution is -2.24. The lowest BCUT2D eigenvalue weighted by atomic mass is 9.89. The van der Waals surface area contributed by atoms with Crippen molar-refractivity contribution in [3.8, 4) is 16.9 Å². The van der Waals surface area contributed by atoms with E-state index in [1.54, 1.807) is 7.05 Å². The molecule has 0 aliphatic rings. The van der Waals surface area contributed by atoms with Crippen molar-refractivity contribution < 1.29 is 4.74 Å². The number of nitrogens with two attached hydrogens (primary N) is 1. The first-order valence-corrected chi connectivity index (χ1v) is 9.54. The molecule has 1 aromatic heterocycles. The zero-order valence-electron chi connectivity index (χ0n) is 16.7. The van der Waals surface area contributed by atoms with Gasteiger partial charge in [0.1, 0.15) is 5.69 Å². The highest BCUT2D eigenvalue weighted by atomic mass is 16.5. The Morgan fingerprint density at radius 3 is 2.23 bits per heavy atom. The number of ether oxygens (including phenoxy) is 1. The van der Waals surface area contributed by atoms with Crippen LogP contribution in [0.3, 0.4) is 0 Å². The Morgan fingerprint density at radius 1 is 1.12 bits per heavy atom. The van der Waals surface area contributed by atoms with Crippen molar-refractivity contribution in [2.45, 2.75) is 59.9 Å². The molecule has 0 fully saturated rings. The van der Waals surface area contributed by atoms with Gasteiger partial charge in [-0.2, -0.15) is 5.10 Å². The van der Waals surface area contributed by atoms with Crippen LogP contribution in [0.15, 0.2) is 16.9 Å². The Morgan fingerprint density at radius 2 is 1.73 bits per heavy atom. The summed E-state index contributed by atoms with van der Waals surface area (Å²) in [5, 5.41) is 4.34. The Bertz CT molecular complexity index is 800. The van der Waals surface area contributed by atoms with Gasteiger partial charge in [0, 0.05) is 13.6 Å². The van der Waals surface area contributed by atoms with E-state index in [1.807, 2.05) is 6.92 Å². The number of aromatic nitrogens is 2. The zero-order valence-corrected chi connectivity index (χ0v) is 16.7. The van der Waals surface area contributed by atoms with E-state index >= 15 is 0 Å². The van der Waals surface area contributed by atoms with E-state index in [9.17, 15) is 4.79 Å². The summed E-state index contributed by atoms with van der Waals surface area (Å²) < 4.78 is 7.46. The summed E-state index contributed by atoms with van der Waals surface area (Å²) in [7, 11) is 1.69. The van der Waals surface area contributed by atoms with Crippen molar-refractivity contribution in [1.82, 2.24) is 9.78 Å². The van der Waals surface area contributed by atoms with Crippen LogP contribution in [-0.2, 0) is 26.4 Å². The summed E-state index contributed by atoms with van der Waals surface area (Å²) in [6.07, 6.45) is 3.64. The Hall–Kier alpha value is -2.14. The van der Waals surface area contributed by atoms with E-state index in [4.69, 9.17) is 10.5 Å². The molecule has 0 saturated carbocycles. The minimum atomic E-state index is -0.119. The lowest BCUT2D eigenvalue weighted by Gasteiger charge is -2.20. The third-order valence-corrected chi connectivity index (χ3v) is 4.72. The smallest absolute Gasteiger partial charge is 0.278 e. The second-order valence-corrected chi connectivity index (χ2v) is 6.62. The largest absolute Gasteiger partial charge is 0.491 e. The van der Waals surface area contributed by atoms with Gasteiger partial charge in [0.25, 0.3) is 5.56 Å². The number of hydrogen-bond donors (Lipinski definition) is 1. The standard InChI is InChI=1S/C21H31N3O2/c1-6-9-10-26-20-14(4)23-24(5)21(25)19(20)18-16(7-2)11-15(13-22)12-17(18)8-3/h11-12H,6-10,13,22H2,1-5H3. The van der Waals surface area contributed by atoms with Crippen LogP contribution in [-0.4, -0.2) is 16.4 Å². The predicted octanol–water partition coefficient (Wildman–Crippen LogP) is 3.52. The molecule has 2 aromatic rings. The van der Waals surface area contributed by atoms with Crippen LogP contribution in [0.5, 0.6) is 5.75 Å². The third-order valence-electron chi connectivity index (χ3n) is 4.72. The average Bonchev–Trinajstić information content (AvgIpc) is 2.65. The molecule has 0 aliphatic carbocycles. The Kier molecular flexibility index (Phi) is 6.98. The van der Waals surface area contributed by atoms with Gasteiger partial charge in [0.05, 0.1) is 12.2 Å². The first-order chi connectivity index (χ1) is 12.5. The molecule has 2 N–H and O–H groups in total. The zero-order chi connectivity index (χ0) is 19.3. The van der Waals surface area contributed by atoms with Gasteiger partial charge in [-0.1, -0.05) is 39.3 Å². The molecular weight excluding hydrogens is 326 g/mol. The monoisotopic (exact) mass is 357 g/mol. The maximum Gasteiger partial charge on any atom is 0.278 e. The Balaban J connectivity index is 2.80. The van der Waals surface area contributed by atoms with Gasteiger partial charge in [-0.3, -0.25) is 4.79 Å². The summed E-state index contributed by atoms with van der Waals surface area (Å²) in [6, 6.07) is 4.22. The summed E-state index contributed by atoms with van der Waals surface area (Å²) in [4.78, 5) is 13.1. The number of hydrogen-bond acceptors (Lipinski definition) is 4. The van der Waals surface area contributed by atoms with Gasteiger partial charge in [-0.05, 0) is 48.4 Å². The topological polar surface area (TPSA) is 70.1 Å². The highest BCUT2D eigenvalue weighted by Crippen LogP contribution is 2.35. The molecular formula is C21H31N3O2. The SMILES string of the molecule is CCCCOc1c(C)nn(C)c(=O)c1-c1c(CC)cc(CN)cc1CC. The summed E-state index contributed by atoms with van der Waals surface area (Å²) in [5.74, 6) is 0.617. The number of benzene rings is 1. The van der Waals surface area contributed by atoms with Crippen LogP contribution >= 0.6 is 0 Å². The van der Waals surface area contributed by atoms with Gasteiger partial charge in [0.15, 0.2) is 5.75 Å². The summed E-state index contributed by atoms with van der Waals surface area (Å²) in [5.41, 5.74) is 11.5. The molecule has 0 spiro atoms. The molecule has 142 valence electrons. The first-order valence-electron chi connectivity index (χ1n) is 9.54. The summed E-state index contributed by atoms with van der Waals surface area (Å²) >= 11 is 0. The van der Waals surface area contributed by atoms with E-state index < -0.39 is 0 Å². The highest BCUT2D eigenvalue weighted by molar-refractivity contribution is 5.77. The van der Waals surface area contributed by atoms with Crippen LogP contribution in [0.1, 0.15) is 56.0 Å². The molecule has 0 atom stereocenters. The number of rotatable bonds is 8. The summed E-state index contributed by atoms with van der Waals surface area (Å²) in [6.45, 7) is 9.31. The minimum absolute atomic E-state index is 0.119. The number of aryl methyl sites for hydroxylation is 4. The van der Waals surface area contributed by atoms with Crippen LogP contribution in [0.2, 0.25) is 0 Å². The number of unbranched alkanes of at least 4 members (excludes halogenated alkanes) is 1. The molecule has 1 heterocycles. The maximum absolute atomic E-state index is 13.1. The van der Waals surface area contributed by atoms with Crippen molar-refractivity contribution >= 4 is 0 Å². The fraction of sp³-hybridized carbons (Fsp3) is 0.524. The number of nitrogens with zero attached hydrogens (tertiary/aromatic N) is 2. The molecule has 0 aliphatic heterocycles. The Labute approximate surface area is 156 Å². The van der Waals surface area contributed by atoms with E-state index in [2.05, 4.69) is 38.0 Å². The second kappa shape index (κ2) is 8.99. The van der Waals surface area contributed by atoms with Gasteiger partial charge >= 0.3 is 0 Å². The highest BCUT2D eigenvalue weighted by Gasteiger charge is 2.22. The average molecular weight is 357 g/mol. The van der Waals surface area contributed by atoms with E-state index in [-0.39, 0.29) is 5.56 Å². The third kappa shape index (κ3) is 3.98. The van der Waals surface area contributed by atoms with Crippen LogP contribution in [0.25, 0.3) is 11.1 Å². The fourth-order valence-corrected chi connectivity index (χ4v) is 3.31. The van der Waals surface area contributed by atoms with Gasteiger partial charge in [-0.15, -0.1) is 0 Å². The van der Waals surface area contributed by atoms with Crippen molar-refractivity contribution in [3.63, 3.8) is 0 Å². The molecule has 0 bridgehead atoms. The molecule has 1 aromatic carbocycles. The van der Waals surface area contributed by atoms with Gasteiger partial charge in [-0.25, -0.2) is 4.68 Å². The van der Waals surface area contributed by atoms with E-state index in [0.717, 1.165) is 53.6 Å². The van der Waals surface area contributed by atoms with Crippen LogP contribution < -0.4 is 16.0 Å². The molecule has 26 heavy (non-hydrogen) atoms. The molecule has 0 amide bonds. The lowest BCUT2D eigenvalue weighted by molar-refractivity contribution is 0.304. The van der Waals surface area contributed by atoms with E-state index in [1.165, 1.54) is 4.68 Å². The van der Waals surface area contributed by atoms with Gasteiger partial charge < -0.3 is 10.5 Å². The molecule has 5 nitrogen and oxygen atoms in total. The predicted molar refractivity (Wildman–Crippen MR) is 107 cm³/mol. The van der Waals surface area contributed by atoms with Crippen LogP contribution in [0, 0.1) is 6.92 Å². The molecule has 0 unspecified atom stereocenters. The molecule has 0 radical (unpaired) electrons. The van der Waals surface area contributed by atoms with Crippen molar-refractivity contribution in [3.05, 3.63) is 44.9 Å². The molecule has 5 heteroatoms. The van der Waals surface area contributed by atoms with Crippen molar-refractivity contribution in [2.24, 2.45) is 12.8 Å². The quantitative estimate of drug-likeness (QED) is 0.734. The van der Waals surface area contributed by atoms with E-state index in [0.29, 0.717) is 24.5 Å². The normalized spacial score (nSPS) is 11.0. The van der Waals surface area contributed by atoms with Crippen molar-refractivity contribution in [1.29, 1.82) is 0 Å². The van der Waals surface area contributed by atoms with Crippen molar-refractivity contribution in [2.75, 3.05) is 6.61 Å².